The Morgan fingerprint density at radius 2 is 1.88 bits per heavy atom. The molecule has 1 aliphatic heterocycles. The van der Waals surface area contributed by atoms with E-state index in [0.717, 1.165) is 55.6 Å². The smallest absolute Gasteiger partial charge is 0.317 e. The molecule has 0 unspecified atom stereocenters. The van der Waals surface area contributed by atoms with Crippen LogP contribution in [-0.4, -0.2) is 64.1 Å². The third-order valence-corrected chi connectivity index (χ3v) is 5.90. The number of hydrogen-bond donors (Lipinski definition) is 1. The molecule has 2 aliphatic rings. The van der Waals surface area contributed by atoms with Crippen LogP contribution in [-0.2, 0) is 6.54 Å². The number of piperazine rings is 1. The van der Waals surface area contributed by atoms with E-state index in [0.29, 0.717) is 6.54 Å². The maximum Gasteiger partial charge on any atom is 0.317 e. The Morgan fingerprint density at radius 1 is 1.15 bits per heavy atom. The fraction of sp³-hybridized carbons (Fsp3) is 0.600. The van der Waals surface area contributed by atoms with Crippen molar-refractivity contribution in [3.63, 3.8) is 0 Å². The zero-order valence-electron chi connectivity index (χ0n) is 15.7. The number of amides is 2. The van der Waals surface area contributed by atoms with E-state index in [1.807, 2.05) is 30.0 Å². The van der Waals surface area contributed by atoms with E-state index in [9.17, 15) is 4.79 Å². The molecule has 0 spiro atoms. The highest BCUT2D eigenvalue weighted by Crippen LogP contribution is 2.24. The molecule has 1 saturated heterocycles. The van der Waals surface area contributed by atoms with Gasteiger partial charge >= 0.3 is 6.03 Å². The molecular formula is C20H29N5O. The van der Waals surface area contributed by atoms with Gasteiger partial charge in [0.05, 0.1) is 11.0 Å². The van der Waals surface area contributed by atoms with Crippen molar-refractivity contribution in [2.45, 2.75) is 45.2 Å². The van der Waals surface area contributed by atoms with Gasteiger partial charge in [-0.3, -0.25) is 4.90 Å². The van der Waals surface area contributed by atoms with E-state index < -0.39 is 0 Å². The maximum atomic E-state index is 12.5. The van der Waals surface area contributed by atoms with Crippen molar-refractivity contribution in [3.8, 4) is 0 Å². The predicted octanol–water partition coefficient (Wildman–Crippen LogP) is 2.61. The van der Waals surface area contributed by atoms with Crippen molar-refractivity contribution in [3.05, 3.63) is 30.1 Å². The number of urea groups is 1. The molecular weight excluding hydrogens is 326 g/mol. The summed E-state index contributed by atoms with van der Waals surface area (Å²) in [5, 5.41) is 3.09. The van der Waals surface area contributed by atoms with Crippen molar-refractivity contribution in [2.75, 3.05) is 32.7 Å². The molecule has 4 rings (SSSR count). The van der Waals surface area contributed by atoms with Crippen LogP contribution in [0.15, 0.2) is 24.3 Å². The number of imidazole rings is 1. The van der Waals surface area contributed by atoms with Crippen LogP contribution >= 0.6 is 0 Å². The molecule has 140 valence electrons. The van der Waals surface area contributed by atoms with Gasteiger partial charge in [0.25, 0.3) is 0 Å². The third-order valence-electron chi connectivity index (χ3n) is 5.90. The number of carbonyl (C=O) groups is 1. The third kappa shape index (κ3) is 3.56. The lowest BCUT2D eigenvalue weighted by Gasteiger charge is -2.38. The van der Waals surface area contributed by atoms with Gasteiger partial charge in [0.15, 0.2) is 0 Å². The Balaban J connectivity index is 1.26. The number of nitrogens with zero attached hydrogens (tertiary/aromatic N) is 4. The van der Waals surface area contributed by atoms with Gasteiger partial charge in [-0.1, -0.05) is 25.0 Å². The van der Waals surface area contributed by atoms with E-state index in [2.05, 4.69) is 25.8 Å². The average molecular weight is 355 g/mol. The van der Waals surface area contributed by atoms with E-state index in [4.69, 9.17) is 0 Å². The number of rotatable bonds is 4. The van der Waals surface area contributed by atoms with Gasteiger partial charge < -0.3 is 14.8 Å². The first-order valence-electron chi connectivity index (χ1n) is 9.91. The summed E-state index contributed by atoms with van der Waals surface area (Å²) >= 11 is 0. The maximum absolute atomic E-state index is 12.5. The van der Waals surface area contributed by atoms with Crippen LogP contribution in [0, 0.1) is 6.92 Å². The van der Waals surface area contributed by atoms with Gasteiger partial charge in [-0.2, -0.15) is 0 Å². The Labute approximate surface area is 155 Å². The van der Waals surface area contributed by atoms with E-state index in [1.54, 1.807) is 0 Å². The standard InChI is InChI=1S/C20H29N5O/c1-16-22-18-8-4-5-9-19(18)25(16)11-10-21-20(26)24-14-12-23(13-15-24)17-6-2-3-7-17/h4-5,8-9,17H,2-3,6-7,10-15H2,1H3,(H,21,26). The van der Waals surface area contributed by atoms with Gasteiger partial charge in [-0.15, -0.1) is 0 Å². The topological polar surface area (TPSA) is 53.4 Å². The molecule has 2 heterocycles. The fourth-order valence-electron chi connectivity index (χ4n) is 4.42. The van der Waals surface area contributed by atoms with Crippen LogP contribution in [0.4, 0.5) is 4.79 Å². The molecule has 2 fully saturated rings. The molecule has 2 amide bonds. The van der Waals surface area contributed by atoms with Crippen LogP contribution in [0.25, 0.3) is 11.0 Å². The van der Waals surface area contributed by atoms with Gasteiger partial charge in [0, 0.05) is 45.3 Å². The molecule has 2 aromatic rings. The molecule has 6 heteroatoms. The van der Waals surface area contributed by atoms with Crippen molar-refractivity contribution < 1.29 is 4.79 Å². The van der Waals surface area contributed by atoms with Gasteiger partial charge in [-0.25, -0.2) is 9.78 Å². The fourth-order valence-corrected chi connectivity index (χ4v) is 4.42. The van der Waals surface area contributed by atoms with Gasteiger partial charge in [0.1, 0.15) is 5.82 Å². The summed E-state index contributed by atoms with van der Waals surface area (Å²) in [6, 6.07) is 8.98. The molecule has 1 aliphatic carbocycles. The second-order valence-electron chi connectivity index (χ2n) is 7.49. The number of hydrogen-bond acceptors (Lipinski definition) is 3. The number of aryl methyl sites for hydroxylation is 1. The van der Waals surface area contributed by atoms with Crippen LogP contribution in [0.1, 0.15) is 31.5 Å². The first-order valence-corrected chi connectivity index (χ1v) is 9.91. The summed E-state index contributed by atoms with van der Waals surface area (Å²) in [6.07, 6.45) is 5.41. The molecule has 0 radical (unpaired) electrons. The van der Waals surface area contributed by atoms with E-state index in [1.165, 1.54) is 25.7 Å². The molecule has 0 atom stereocenters. The highest BCUT2D eigenvalue weighted by Gasteiger charge is 2.27. The second-order valence-corrected chi connectivity index (χ2v) is 7.49. The van der Waals surface area contributed by atoms with Gasteiger partial charge in [-0.05, 0) is 31.9 Å². The first-order chi connectivity index (χ1) is 12.7. The van der Waals surface area contributed by atoms with Crippen molar-refractivity contribution >= 4 is 17.1 Å². The number of para-hydroxylation sites is 2. The number of carbonyl (C=O) groups excluding carboxylic acids is 1. The number of benzene rings is 1. The summed E-state index contributed by atoms with van der Waals surface area (Å²) in [7, 11) is 0. The highest BCUT2D eigenvalue weighted by molar-refractivity contribution is 5.76. The highest BCUT2D eigenvalue weighted by atomic mass is 16.2. The summed E-state index contributed by atoms with van der Waals surface area (Å²) in [5.74, 6) is 0.991. The quantitative estimate of drug-likeness (QED) is 0.917. The Bertz CT molecular complexity index is 757. The number of fused-ring (bicyclic) bond motifs is 1. The molecule has 6 nitrogen and oxygen atoms in total. The minimum atomic E-state index is 0.0677. The number of nitrogens with one attached hydrogen (secondary N) is 1. The SMILES string of the molecule is Cc1nc2ccccc2n1CCNC(=O)N1CCN(C2CCCC2)CC1. The Hall–Kier alpha value is -2.08. The average Bonchev–Trinajstić information content (AvgIpc) is 3.30. The normalized spacial score (nSPS) is 19.3. The van der Waals surface area contributed by atoms with Crippen LogP contribution in [0.5, 0.6) is 0 Å². The summed E-state index contributed by atoms with van der Waals surface area (Å²) < 4.78 is 2.17. The molecule has 1 N–H and O–H groups in total. The lowest BCUT2D eigenvalue weighted by molar-refractivity contribution is 0.109. The van der Waals surface area contributed by atoms with Crippen LogP contribution < -0.4 is 5.32 Å². The monoisotopic (exact) mass is 355 g/mol. The second kappa shape index (κ2) is 7.66. The molecule has 1 aromatic heterocycles. The molecule has 26 heavy (non-hydrogen) atoms. The minimum absolute atomic E-state index is 0.0677. The van der Waals surface area contributed by atoms with Crippen LogP contribution in [0.3, 0.4) is 0 Å². The largest absolute Gasteiger partial charge is 0.336 e. The van der Waals surface area contributed by atoms with Crippen molar-refractivity contribution in [1.82, 2.24) is 24.7 Å². The summed E-state index contributed by atoms with van der Waals surface area (Å²) in [6.45, 7) is 7.12. The Morgan fingerprint density at radius 3 is 2.65 bits per heavy atom. The predicted molar refractivity (Wildman–Crippen MR) is 103 cm³/mol. The first kappa shape index (κ1) is 17.3. The Kier molecular flexibility index (Phi) is 5.11. The van der Waals surface area contributed by atoms with Crippen molar-refractivity contribution in [1.29, 1.82) is 0 Å². The number of aromatic nitrogens is 2. The lowest BCUT2D eigenvalue weighted by Crippen LogP contribution is -2.54. The molecule has 1 aromatic carbocycles. The van der Waals surface area contributed by atoms with E-state index in [-0.39, 0.29) is 6.03 Å². The zero-order valence-corrected chi connectivity index (χ0v) is 15.7. The van der Waals surface area contributed by atoms with Gasteiger partial charge in [0.2, 0.25) is 0 Å². The van der Waals surface area contributed by atoms with E-state index >= 15 is 0 Å². The summed E-state index contributed by atoms with van der Waals surface area (Å²) in [5.41, 5.74) is 2.14. The van der Waals surface area contributed by atoms with Crippen molar-refractivity contribution in [2.24, 2.45) is 0 Å². The molecule has 1 saturated carbocycles. The lowest BCUT2D eigenvalue weighted by atomic mass is 10.2. The van der Waals surface area contributed by atoms with Crippen LogP contribution in [0.2, 0.25) is 0 Å². The zero-order chi connectivity index (χ0) is 17.9. The minimum Gasteiger partial charge on any atom is -0.336 e. The summed E-state index contributed by atoms with van der Waals surface area (Å²) in [4.78, 5) is 21.6. The molecule has 0 bridgehead atoms.